The average molecular weight is 292 g/mol. The number of aryl methyl sites for hydroxylation is 2. The molecule has 2 N–H and O–H groups in total. The summed E-state index contributed by atoms with van der Waals surface area (Å²) in [4.78, 5) is 0. The Labute approximate surface area is 124 Å². The number of hydrogen-bond acceptors (Lipinski definition) is 3. The lowest BCUT2D eigenvalue weighted by atomic mass is 10.1. The van der Waals surface area contributed by atoms with E-state index in [9.17, 15) is 5.11 Å². The molecular formula is C16H18ClNO2. The van der Waals surface area contributed by atoms with Gasteiger partial charge in [0.25, 0.3) is 0 Å². The molecule has 20 heavy (non-hydrogen) atoms. The average Bonchev–Trinajstić information content (AvgIpc) is 2.43. The number of phenolic OH excluding ortho intramolecular Hbond substituents is 1. The number of benzene rings is 2. The standard InChI is InChI=1S/C16H18ClNO2/c1-10-6-12(7-11(2)16(10)19)9-18-13-4-5-14(17)15(8-13)20-3/h4-8,18-19H,9H2,1-3H3. The summed E-state index contributed by atoms with van der Waals surface area (Å²) in [6, 6.07) is 9.52. The fraction of sp³-hybridized carbons (Fsp3) is 0.250. The highest BCUT2D eigenvalue weighted by Crippen LogP contribution is 2.28. The molecule has 106 valence electrons. The predicted molar refractivity (Wildman–Crippen MR) is 82.9 cm³/mol. The summed E-state index contributed by atoms with van der Waals surface area (Å²) in [6.07, 6.45) is 0. The molecule has 0 aliphatic heterocycles. The summed E-state index contributed by atoms with van der Waals surface area (Å²) in [5.41, 5.74) is 3.83. The number of aromatic hydroxyl groups is 1. The number of rotatable bonds is 4. The first kappa shape index (κ1) is 14.5. The summed E-state index contributed by atoms with van der Waals surface area (Å²) in [7, 11) is 1.59. The van der Waals surface area contributed by atoms with Crippen molar-refractivity contribution >= 4 is 17.3 Å². The van der Waals surface area contributed by atoms with E-state index in [0.29, 0.717) is 23.1 Å². The van der Waals surface area contributed by atoms with Crippen molar-refractivity contribution in [3.63, 3.8) is 0 Å². The second-order valence-corrected chi connectivity index (χ2v) is 5.19. The van der Waals surface area contributed by atoms with Gasteiger partial charge in [-0.25, -0.2) is 0 Å². The van der Waals surface area contributed by atoms with Crippen molar-refractivity contribution in [1.82, 2.24) is 0 Å². The Morgan fingerprint density at radius 1 is 1.15 bits per heavy atom. The minimum atomic E-state index is 0.363. The molecule has 0 aliphatic rings. The highest BCUT2D eigenvalue weighted by Gasteiger charge is 2.05. The summed E-state index contributed by atoms with van der Waals surface area (Å²) < 4.78 is 5.19. The zero-order chi connectivity index (χ0) is 14.7. The van der Waals surface area contributed by atoms with Gasteiger partial charge in [0.1, 0.15) is 11.5 Å². The molecule has 0 bridgehead atoms. The van der Waals surface area contributed by atoms with Gasteiger partial charge in [0, 0.05) is 18.3 Å². The summed E-state index contributed by atoms with van der Waals surface area (Å²) in [5.74, 6) is 1.01. The van der Waals surface area contributed by atoms with E-state index in [0.717, 1.165) is 22.4 Å². The van der Waals surface area contributed by atoms with E-state index in [1.54, 1.807) is 13.2 Å². The van der Waals surface area contributed by atoms with E-state index >= 15 is 0 Å². The molecule has 0 atom stereocenters. The van der Waals surface area contributed by atoms with Crippen molar-refractivity contribution in [2.75, 3.05) is 12.4 Å². The molecule has 4 heteroatoms. The van der Waals surface area contributed by atoms with E-state index in [2.05, 4.69) is 5.32 Å². The normalized spacial score (nSPS) is 10.4. The number of anilines is 1. The lowest BCUT2D eigenvalue weighted by molar-refractivity contribution is 0.415. The van der Waals surface area contributed by atoms with Gasteiger partial charge in [-0.15, -0.1) is 0 Å². The van der Waals surface area contributed by atoms with Crippen molar-refractivity contribution < 1.29 is 9.84 Å². The maximum atomic E-state index is 9.76. The monoisotopic (exact) mass is 291 g/mol. The van der Waals surface area contributed by atoms with Crippen molar-refractivity contribution in [1.29, 1.82) is 0 Å². The van der Waals surface area contributed by atoms with Gasteiger partial charge in [-0.3, -0.25) is 0 Å². The van der Waals surface area contributed by atoms with Crippen LogP contribution in [0.2, 0.25) is 5.02 Å². The topological polar surface area (TPSA) is 41.5 Å². The zero-order valence-corrected chi connectivity index (χ0v) is 12.6. The van der Waals surface area contributed by atoms with Gasteiger partial charge >= 0.3 is 0 Å². The molecular weight excluding hydrogens is 274 g/mol. The third-order valence-electron chi connectivity index (χ3n) is 3.20. The third-order valence-corrected chi connectivity index (χ3v) is 3.51. The molecule has 0 heterocycles. The van der Waals surface area contributed by atoms with E-state index in [-0.39, 0.29) is 0 Å². The third kappa shape index (κ3) is 3.17. The second kappa shape index (κ2) is 6.06. The lowest BCUT2D eigenvalue weighted by Gasteiger charge is -2.11. The van der Waals surface area contributed by atoms with Crippen molar-refractivity contribution in [3.05, 3.63) is 52.0 Å². The Kier molecular flexibility index (Phi) is 4.40. The van der Waals surface area contributed by atoms with Crippen LogP contribution in [0.4, 0.5) is 5.69 Å². The predicted octanol–water partition coefficient (Wildman–Crippen LogP) is 4.28. The minimum absolute atomic E-state index is 0.363. The summed E-state index contributed by atoms with van der Waals surface area (Å²) >= 11 is 5.99. The fourth-order valence-corrected chi connectivity index (χ4v) is 2.32. The SMILES string of the molecule is COc1cc(NCc2cc(C)c(O)c(C)c2)ccc1Cl. The fourth-order valence-electron chi connectivity index (χ4n) is 2.12. The van der Waals surface area contributed by atoms with Crippen LogP contribution in [0.25, 0.3) is 0 Å². The van der Waals surface area contributed by atoms with Crippen LogP contribution in [0.5, 0.6) is 11.5 Å². The van der Waals surface area contributed by atoms with E-state index in [1.165, 1.54) is 0 Å². The van der Waals surface area contributed by atoms with Crippen LogP contribution < -0.4 is 10.1 Å². The Hall–Kier alpha value is -1.87. The van der Waals surface area contributed by atoms with E-state index in [1.807, 2.05) is 38.1 Å². The molecule has 0 aromatic heterocycles. The molecule has 2 aromatic carbocycles. The Morgan fingerprint density at radius 3 is 2.40 bits per heavy atom. The Morgan fingerprint density at radius 2 is 1.80 bits per heavy atom. The largest absolute Gasteiger partial charge is 0.507 e. The molecule has 0 fully saturated rings. The van der Waals surface area contributed by atoms with Gasteiger partial charge in [-0.1, -0.05) is 23.7 Å². The first-order chi connectivity index (χ1) is 9.51. The van der Waals surface area contributed by atoms with E-state index in [4.69, 9.17) is 16.3 Å². The Bertz CT molecular complexity index is 603. The number of nitrogens with one attached hydrogen (secondary N) is 1. The first-order valence-corrected chi connectivity index (χ1v) is 6.75. The van der Waals surface area contributed by atoms with Gasteiger partial charge in [0.2, 0.25) is 0 Å². The van der Waals surface area contributed by atoms with E-state index < -0.39 is 0 Å². The molecule has 0 saturated heterocycles. The summed E-state index contributed by atoms with van der Waals surface area (Å²) in [6.45, 7) is 4.47. The van der Waals surface area contributed by atoms with Crippen LogP contribution >= 0.6 is 11.6 Å². The molecule has 0 saturated carbocycles. The number of methoxy groups -OCH3 is 1. The number of halogens is 1. The van der Waals surface area contributed by atoms with Crippen LogP contribution in [-0.2, 0) is 6.54 Å². The van der Waals surface area contributed by atoms with Gasteiger partial charge in [0.15, 0.2) is 0 Å². The molecule has 2 rings (SSSR count). The molecule has 0 amide bonds. The van der Waals surface area contributed by atoms with Gasteiger partial charge < -0.3 is 15.2 Å². The highest BCUT2D eigenvalue weighted by atomic mass is 35.5. The smallest absolute Gasteiger partial charge is 0.139 e. The van der Waals surface area contributed by atoms with Gasteiger partial charge in [-0.05, 0) is 42.7 Å². The lowest BCUT2D eigenvalue weighted by Crippen LogP contribution is -2.00. The maximum absolute atomic E-state index is 9.76. The van der Waals surface area contributed by atoms with Crippen LogP contribution in [0, 0.1) is 13.8 Å². The van der Waals surface area contributed by atoms with Crippen molar-refractivity contribution in [2.24, 2.45) is 0 Å². The van der Waals surface area contributed by atoms with Crippen LogP contribution in [0.3, 0.4) is 0 Å². The Balaban J connectivity index is 2.13. The number of ether oxygens (including phenoxy) is 1. The minimum Gasteiger partial charge on any atom is -0.507 e. The quantitative estimate of drug-likeness (QED) is 0.883. The molecule has 2 aromatic rings. The van der Waals surface area contributed by atoms with Crippen molar-refractivity contribution in [3.8, 4) is 11.5 Å². The number of phenols is 1. The molecule has 0 unspecified atom stereocenters. The maximum Gasteiger partial charge on any atom is 0.139 e. The second-order valence-electron chi connectivity index (χ2n) is 4.78. The molecule has 0 aliphatic carbocycles. The zero-order valence-electron chi connectivity index (χ0n) is 11.8. The highest BCUT2D eigenvalue weighted by molar-refractivity contribution is 6.32. The molecule has 3 nitrogen and oxygen atoms in total. The summed E-state index contributed by atoms with van der Waals surface area (Å²) in [5, 5.41) is 13.7. The first-order valence-electron chi connectivity index (χ1n) is 6.37. The van der Waals surface area contributed by atoms with Crippen LogP contribution in [0.1, 0.15) is 16.7 Å². The van der Waals surface area contributed by atoms with Crippen LogP contribution in [0.15, 0.2) is 30.3 Å². The number of hydrogen-bond donors (Lipinski definition) is 2. The molecule has 0 radical (unpaired) electrons. The van der Waals surface area contributed by atoms with Gasteiger partial charge in [0.05, 0.1) is 12.1 Å². The molecule has 0 spiro atoms. The van der Waals surface area contributed by atoms with Gasteiger partial charge in [-0.2, -0.15) is 0 Å². The van der Waals surface area contributed by atoms with Crippen LogP contribution in [-0.4, -0.2) is 12.2 Å². The van der Waals surface area contributed by atoms with Crippen molar-refractivity contribution in [2.45, 2.75) is 20.4 Å².